The van der Waals surface area contributed by atoms with Crippen LogP contribution in [0.3, 0.4) is 0 Å². The van der Waals surface area contributed by atoms with Crippen molar-refractivity contribution in [3.05, 3.63) is 60.1 Å². The monoisotopic (exact) mass is 324 g/mol. The minimum atomic E-state index is -0.167. The molecule has 2 heterocycles. The molecule has 0 spiro atoms. The summed E-state index contributed by atoms with van der Waals surface area (Å²) in [5, 5.41) is 2.81. The number of ether oxygens (including phenoxy) is 1. The number of aromatic nitrogens is 2. The highest BCUT2D eigenvalue weighted by Crippen LogP contribution is 2.11. The van der Waals surface area contributed by atoms with Crippen LogP contribution in [0.5, 0.6) is 0 Å². The average molecular weight is 324 g/mol. The van der Waals surface area contributed by atoms with E-state index in [0.717, 1.165) is 24.5 Å². The van der Waals surface area contributed by atoms with Gasteiger partial charge in [-0.15, -0.1) is 0 Å². The Hall–Kier alpha value is -2.73. The van der Waals surface area contributed by atoms with Crippen molar-refractivity contribution >= 4 is 17.8 Å². The number of carbonyl (C=O) groups excluding carboxylic acids is 1. The summed E-state index contributed by atoms with van der Waals surface area (Å²) in [5.41, 5.74) is 0.984. The summed E-state index contributed by atoms with van der Waals surface area (Å²) in [6.07, 6.45) is 5.01. The van der Waals surface area contributed by atoms with Crippen molar-refractivity contribution in [2.75, 3.05) is 31.2 Å². The smallest absolute Gasteiger partial charge is 0.244 e. The topological polar surface area (TPSA) is 67.4 Å². The van der Waals surface area contributed by atoms with E-state index < -0.39 is 0 Å². The first-order chi connectivity index (χ1) is 11.8. The van der Waals surface area contributed by atoms with E-state index in [1.54, 1.807) is 12.3 Å². The molecule has 3 rings (SSSR count). The number of benzene rings is 1. The molecule has 1 aliphatic rings. The Morgan fingerprint density at radius 1 is 1.21 bits per heavy atom. The van der Waals surface area contributed by atoms with E-state index in [4.69, 9.17) is 4.74 Å². The molecule has 1 fully saturated rings. The summed E-state index contributed by atoms with van der Waals surface area (Å²) >= 11 is 0. The molecule has 0 aliphatic carbocycles. The van der Waals surface area contributed by atoms with E-state index in [1.165, 1.54) is 6.08 Å². The van der Waals surface area contributed by atoms with Gasteiger partial charge in [0.2, 0.25) is 5.91 Å². The summed E-state index contributed by atoms with van der Waals surface area (Å²) in [6, 6.07) is 11.6. The largest absolute Gasteiger partial charge is 0.378 e. The lowest BCUT2D eigenvalue weighted by Crippen LogP contribution is -2.37. The molecule has 124 valence electrons. The Kier molecular flexibility index (Phi) is 5.52. The third kappa shape index (κ3) is 4.63. The maximum absolute atomic E-state index is 11.9. The lowest BCUT2D eigenvalue weighted by atomic mass is 10.2. The van der Waals surface area contributed by atoms with Crippen LogP contribution in [-0.4, -0.2) is 42.2 Å². The second kappa shape index (κ2) is 8.21. The van der Waals surface area contributed by atoms with Gasteiger partial charge in [-0.1, -0.05) is 30.3 Å². The summed E-state index contributed by atoms with van der Waals surface area (Å²) in [4.78, 5) is 22.8. The van der Waals surface area contributed by atoms with Gasteiger partial charge in [0.05, 0.1) is 19.8 Å². The Bertz CT molecular complexity index is 697. The van der Waals surface area contributed by atoms with Gasteiger partial charge in [0.15, 0.2) is 0 Å². The van der Waals surface area contributed by atoms with Crippen molar-refractivity contribution in [3.8, 4) is 0 Å². The molecule has 2 aromatic rings. The Morgan fingerprint density at radius 2 is 2.00 bits per heavy atom. The van der Waals surface area contributed by atoms with Gasteiger partial charge >= 0.3 is 0 Å². The van der Waals surface area contributed by atoms with E-state index >= 15 is 0 Å². The van der Waals surface area contributed by atoms with Gasteiger partial charge in [-0.05, 0) is 17.7 Å². The van der Waals surface area contributed by atoms with Crippen molar-refractivity contribution in [1.82, 2.24) is 15.3 Å². The lowest BCUT2D eigenvalue weighted by molar-refractivity contribution is -0.116. The highest BCUT2D eigenvalue weighted by atomic mass is 16.5. The molecule has 24 heavy (non-hydrogen) atoms. The van der Waals surface area contributed by atoms with Crippen molar-refractivity contribution in [2.45, 2.75) is 6.54 Å². The number of nitrogens with zero attached hydrogens (tertiary/aromatic N) is 3. The number of rotatable bonds is 5. The molecule has 0 unspecified atom stereocenters. The normalized spacial score (nSPS) is 14.8. The first-order valence-corrected chi connectivity index (χ1v) is 7.97. The van der Waals surface area contributed by atoms with Crippen LogP contribution >= 0.6 is 0 Å². The van der Waals surface area contributed by atoms with Gasteiger partial charge in [-0.25, -0.2) is 9.97 Å². The lowest BCUT2D eigenvalue weighted by Gasteiger charge is -2.27. The number of nitrogens with one attached hydrogen (secondary N) is 1. The van der Waals surface area contributed by atoms with E-state index in [9.17, 15) is 4.79 Å². The standard InChI is InChI=1S/C18H20N4O2/c23-18(7-6-15-4-2-1-3-5-15)20-14-16-19-9-8-17(21-16)22-10-12-24-13-11-22/h1-9H,10-14H2,(H,20,23)/b7-6+. The molecule has 0 bridgehead atoms. The summed E-state index contributed by atoms with van der Waals surface area (Å²) in [6.45, 7) is 3.36. The number of carbonyl (C=O) groups is 1. The fraction of sp³-hybridized carbons (Fsp3) is 0.278. The van der Waals surface area contributed by atoms with Crippen LogP contribution in [0.2, 0.25) is 0 Å². The fourth-order valence-corrected chi connectivity index (χ4v) is 2.40. The van der Waals surface area contributed by atoms with E-state index in [1.807, 2.05) is 36.4 Å². The quantitative estimate of drug-likeness (QED) is 0.847. The molecule has 1 aromatic heterocycles. The Balaban J connectivity index is 1.54. The maximum Gasteiger partial charge on any atom is 0.244 e. The van der Waals surface area contributed by atoms with Gasteiger partial charge < -0.3 is 15.0 Å². The van der Waals surface area contributed by atoms with E-state index in [2.05, 4.69) is 20.2 Å². The third-order valence-corrected chi connectivity index (χ3v) is 3.67. The van der Waals surface area contributed by atoms with Gasteiger partial charge in [0.1, 0.15) is 11.6 Å². The van der Waals surface area contributed by atoms with Crippen LogP contribution in [0.25, 0.3) is 6.08 Å². The second-order valence-corrected chi connectivity index (χ2v) is 5.39. The first kappa shape index (κ1) is 16.1. The Labute approximate surface area is 141 Å². The van der Waals surface area contributed by atoms with Crippen LogP contribution in [0, 0.1) is 0 Å². The van der Waals surface area contributed by atoms with Crippen LogP contribution < -0.4 is 10.2 Å². The molecule has 1 aliphatic heterocycles. The van der Waals surface area contributed by atoms with E-state index in [0.29, 0.717) is 25.6 Å². The minimum absolute atomic E-state index is 0.167. The maximum atomic E-state index is 11.9. The van der Waals surface area contributed by atoms with Crippen LogP contribution in [-0.2, 0) is 16.1 Å². The van der Waals surface area contributed by atoms with Crippen molar-refractivity contribution in [2.24, 2.45) is 0 Å². The Morgan fingerprint density at radius 3 is 2.79 bits per heavy atom. The van der Waals surface area contributed by atoms with Gasteiger partial charge in [-0.3, -0.25) is 4.79 Å². The molecule has 0 atom stereocenters. The highest BCUT2D eigenvalue weighted by molar-refractivity contribution is 5.91. The first-order valence-electron chi connectivity index (χ1n) is 7.97. The van der Waals surface area contributed by atoms with Crippen LogP contribution in [0.15, 0.2) is 48.7 Å². The number of hydrogen-bond donors (Lipinski definition) is 1. The summed E-state index contributed by atoms with van der Waals surface area (Å²) < 4.78 is 5.34. The minimum Gasteiger partial charge on any atom is -0.378 e. The number of anilines is 1. The fourth-order valence-electron chi connectivity index (χ4n) is 2.40. The molecule has 1 amide bonds. The van der Waals surface area contributed by atoms with Crippen molar-refractivity contribution < 1.29 is 9.53 Å². The highest BCUT2D eigenvalue weighted by Gasteiger charge is 2.13. The summed E-state index contributed by atoms with van der Waals surface area (Å²) in [5.74, 6) is 1.30. The molecule has 6 heteroatoms. The third-order valence-electron chi connectivity index (χ3n) is 3.67. The molecule has 1 saturated heterocycles. The predicted molar refractivity (Wildman–Crippen MR) is 92.4 cm³/mol. The van der Waals surface area contributed by atoms with Gasteiger partial charge in [0, 0.05) is 25.4 Å². The molecular formula is C18H20N4O2. The molecule has 1 aromatic carbocycles. The average Bonchev–Trinajstić information content (AvgIpc) is 2.66. The van der Waals surface area contributed by atoms with Gasteiger partial charge in [-0.2, -0.15) is 0 Å². The molecular weight excluding hydrogens is 304 g/mol. The zero-order valence-electron chi connectivity index (χ0n) is 13.4. The molecule has 6 nitrogen and oxygen atoms in total. The number of amides is 1. The summed E-state index contributed by atoms with van der Waals surface area (Å²) in [7, 11) is 0. The second-order valence-electron chi connectivity index (χ2n) is 5.39. The molecule has 0 saturated carbocycles. The van der Waals surface area contributed by atoms with Gasteiger partial charge in [0.25, 0.3) is 0 Å². The number of hydrogen-bond acceptors (Lipinski definition) is 5. The van der Waals surface area contributed by atoms with E-state index in [-0.39, 0.29) is 5.91 Å². The predicted octanol–water partition coefficient (Wildman–Crippen LogP) is 1.64. The molecule has 1 N–H and O–H groups in total. The number of morpholine rings is 1. The zero-order valence-corrected chi connectivity index (χ0v) is 13.4. The van der Waals surface area contributed by atoms with Crippen LogP contribution in [0.4, 0.5) is 5.82 Å². The molecule has 0 radical (unpaired) electrons. The van der Waals surface area contributed by atoms with Crippen molar-refractivity contribution in [1.29, 1.82) is 0 Å². The SMILES string of the molecule is O=C(/C=C/c1ccccc1)NCc1nccc(N2CCOCC2)n1. The van der Waals surface area contributed by atoms with Crippen LogP contribution in [0.1, 0.15) is 11.4 Å². The zero-order chi connectivity index (χ0) is 16.6. The van der Waals surface area contributed by atoms with Crippen molar-refractivity contribution in [3.63, 3.8) is 0 Å².